The van der Waals surface area contributed by atoms with Crippen LogP contribution in [0.25, 0.3) is 22.1 Å². The lowest BCUT2D eigenvalue weighted by molar-refractivity contribution is -0.118. The molecule has 1 amide bonds. The molecule has 2 heterocycles. The Labute approximate surface area is 182 Å². The van der Waals surface area contributed by atoms with Crippen molar-refractivity contribution in [1.29, 1.82) is 0 Å². The first kappa shape index (κ1) is 20.6. The lowest BCUT2D eigenvalue weighted by atomic mass is 10.2. The van der Waals surface area contributed by atoms with Gasteiger partial charge in [-0.2, -0.15) is 0 Å². The Balaban J connectivity index is 1.65. The summed E-state index contributed by atoms with van der Waals surface area (Å²) in [6.45, 7) is 1.55. The van der Waals surface area contributed by atoms with E-state index in [0.717, 1.165) is 27.6 Å². The molecule has 0 saturated heterocycles. The van der Waals surface area contributed by atoms with Crippen LogP contribution in [0.3, 0.4) is 0 Å². The number of carbonyl (C=O) groups is 1. The molecule has 2 aromatic heterocycles. The van der Waals surface area contributed by atoms with Crippen LogP contribution in [0.1, 0.15) is 5.56 Å². The number of rotatable bonds is 8. The van der Waals surface area contributed by atoms with Crippen molar-refractivity contribution in [3.05, 3.63) is 59.1 Å². The first-order valence-corrected chi connectivity index (χ1v) is 10.8. The number of amides is 1. The molecule has 9 heteroatoms. The molecule has 0 aliphatic carbocycles. The van der Waals surface area contributed by atoms with Crippen LogP contribution in [0.15, 0.2) is 53.7 Å². The van der Waals surface area contributed by atoms with Crippen LogP contribution in [0.4, 0.5) is 0 Å². The molecule has 0 fully saturated rings. The van der Waals surface area contributed by atoms with Gasteiger partial charge in [0.15, 0.2) is 5.65 Å². The second-order valence-corrected chi connectivity index (χ2v) is 8.01. The number of methoxy groups -OCH3 is 1. The molecule has 0 saturated carbocycles. The summed E-state index contributed by atoms with van der Waals surface area (Å²) in [7, 11) is 1.60. The van der Waals surface area contributed by atoms with E-state index in [1.807, 2.05) is 48.5 Å². The van der Waals surface area contributed by atoms with Crippen LogP contribution in [-0.4, -0.2) is 51.7 Å². The Morgan fingerprint density at radius 1 is 1.20 bits per heavy atom. The lowest BCUT2D eigenvalue weighted by Gasteiger charge is -2.08. The van der Waals surface area contributed by atoms with Gasteiger partial charge >= 0.3 is 0 Å². The quantitative estimate of drug-likeness (QED) is 0.332. The molecule has 1 N–H and O–H groups in total. The van der Waals surface area contributed by atoms with E-state index in [2.05, 4.69) is 20.1 Å². The minimum atomic E-state index is -0.0970. The van der Waals surface area contributed by atoms with E-state index in [1.54, 1.807) is 7.11 Å². The van der Waals surface area contributed by atoms with Crippen molar-refractivity contribution < 1.29 is 9.53 Å². The average molecular weight is 442 g/mol. The third kappa shape index (κ3) is 4.56. The van der Waals surface area contributed by atoms with Crippen molar-refractivity contribution in [3.8, 4) is 0 Å². The van der Waals surface area contributed by atoms with Gasteiger partial charge in [-0.3, -0.25) is 4.79 Å². The molecule has 0 spiro atoms. The van der Waals surface area contributed by atoms with Crippen molar-refractivity contribution in [3.63, 3.8) is 0 Å². The van der Waals surface area contributed by atoms with Gasteiger partial charge in [-0.15, -0.1) is 10.2 Å². The maximum Gasteiger partial charge on any atom is 0.230 e. The highest BCUT2D eigenvalue weighted by Crippen LogP contribution is 2.28. The van der Waals surface area contributed by atoms with Gasteiger partial charge in [0.1, 0.15) is 5.52 Å². The minimum Gasteiger partial charge on any atom is -0.383 e. The number of benzene rings is 2. The molecule has 4 rings (SSSR count). The number of ether oxygens (including phenoxy) is 1. The monoisotopic (exact) mass is 441 g/mol. The molecular weight excluding hydrogens is 422 g/mol. The van der Waals surface area contributed by atoms with E-state index < -0.39 is 0 Å². The normalized spacial score (nSPS) is 11.3. The molecule has 0 aliphatic rings. The Morgan fingerprint density at radius 3 is 2.90 bits per heavy atom. The molecule has 0 radical (unpaired) electrons. The number of para-hydroxylation sites is 1. The fraction of sp³-hybridized carbons (Fsp3) is 0.238. The van der Waals surface area contributed by atoms with Crippen LogP contribution >= 0.6 is 23.4 Å². The van der Waals surface area contributed by atoms with Crippen LogP contribution in [0.2, 0.25) is 5.02 Å². The maximum atomic E-state index is 12.0. The standard InChI is InChI=1S/C21H20ClN5O2S/c1-29-10-9-23-18(28)13-30-21-24-20-19(25-26-21)16-7-2-3-8-17(16)27(20)12-14-5-4-6-15(22)11-14/h2-8,11H,9-10,12-13H2,1H3,(H,23,28). The van der Waals surface area contributed by atoms with E-state index in [-0.39, 0.29) is 11.7 Å². The number of halogens is 1. The minimum absolute atomic E-state index is 0.0970. The second kappa shape index (κ2) is 9.42. The fourth-order valence-corrected chi connectivity index (χ4v) is 4.03. The molecule has 7 nitrogen and oxygen atoms in total. The first-order chi connectivity index (χ1) is 14.7. The van der Waals surface area contributed by atoms with Gasteiger partial charge in [-0.05, 0) is 23.8 Å². The topological polar surface area (TPSA) is 81.9 Å². The number of nitrogens with one attached hydrogen (secondary N) is 1. The Kier molecular flexibility index (Phi) is 6.47. The van der Waals surface area contributed by atoms with Gasteiger partial charge in [0, 0.05) is 30.6 Å². The number of aromatic nitrogens is 4. The highest BCUT2D eigenvalue weighted by Gasteiger charge is 2.16. The lowest BCUT2D eigenvalue weighted by Crippen LogP contribution is -2.28. The summed E-state index contributed by atoms with van der Waals surface area (Å²) >= 11 is 7.42. The maximum absolute atomic E-state index is 12.0. The van der Waals surface area contributed by atoms with Gasteiger partial charge < -0.3 is 14.6 Å². The number of carbonyl (C=O) groups excluding carboxylic acids is 1. The number of hydrogen-bond donors (Lipinski definition) is 1. The third-order valence-corrected chi connectivity index (χ3v) is 5.62. The van der Waals surface area contributed by atoms with Gasteiger partial charge in [-0.25, -0.2) is 4.98 Å². The Bertz CT molecular complexity index is 1200. The SMILES string of the molecule is COCCNC(=O)CSc1nnc2c3ccccc3n(Cc3cccc(Cl)c3)c2n1. The molecule has 2 aromatic carbocycles. The zero-order valence-electron chi connectivity index (χ0n) is 16.3. The highest BCUT2D eigenvalue weighted by atomic mass is 35.5. The van der Waals surface area contributed by atoms with Crippen molar-refractivity contribution >= 4 is 51.3 Å². The molecule has 0 atom stereocenters. The van der Waals surface area contributed by atoms with Crippen LogP contribution < -0.4 is 5.32 Å². The zero-order chi connectivity index (χ0) is 20.9. The summed E-state index contributed by atoms with van der Waals surface area (Å²) in [5.74, 6) is 0.117. The molecule has 0 bridgehead atoms. The fourth-order valence-electron chi connectivity index (χ4n) is 3.20. The summed E-state index contributed by atoms with van der Waals surface area (Å²) in [5, 5.41) is 13.6. The van der Waals surface area contributed by atoms with Crippen LogP contribution in [0, 0.1) is 0 Å². The molecule has 154 valence electrons. The summed E-state index contributed by atoms with van der Waals surface area (Å²) in [6, 6.07) is 15.8. The predicted octanol–water partition coefficient (Wildman–Crippen LogP) is 3.54. The Hall–Kier alpha value is -2.68. The Morgan fingerprint density at radius 2 is 2.07 bits per heavy atom. The van der Waals surface area contributed by atoms with Crippen molar-refractivity contribution in [2.75, 3.05) is 26.0 Å². The number of thioether (sulfide) groups is 1. The summed E-state index contributed by atoms with van der Waals surface area (Å²) in [5.41, 5.74) is 3.55. The highest BCUT2D eigenvalue weighted by molar-refractivity contribution is 7.99. The van der Waals surface area contributed by atoms with Gasteiger partial charge in [0.25, 0.3) is 0 Å². The molecule has 30 heavy (non-hydrogen) atoms. The van der Waals surface area contributed by atoms with Gasteiger partial charge in [0.2, 0.25) is 11.1 Å². The zero-order valence-corrected chi connectivity index (χ0v) is 17.9. The average Bonchev–Trinajstić information content (AvgIpc) is 3.06. The third-order valence-electron chi connectivity index (χ3n) is 4.54. The predicted molar refractivity (Wildman–Crippen MR) is 119 cm³/mol. The van der Waals surface area contributed by atoms with Gasteiger partial charge in [0.05, 0.1) is 17.9 Å². The molecule has 0 aliphatic heterocycles. The van der Waals surface area contributed by atoms with Crippen LogP contribution in [-0.2, 0) is 16.1 Å². The first-order valence-electron chi connectivity index (χ1n) is 9.40. The van der Waals surface area contributed by atoms with Crippen molar-refractivity contribution in [1.82, 2.24) is 25.1 Å². The summed E-state index contributed by atoms with van der Waals surface area (Å²) in [4.78, 5) is 16.7. The number of fused-ring (bicyclic) bond motifs is 3. The largest absolute Gasteiger partial charge is 0.383 e. The van der Waals surface area contributed by atoms with Crippen molar-refractivity contribution in [2.24, 2.45) is 0 Å². The van der Waals surface area contributed by atoms with E-state index in [0.29, 0.717) is 29.9 Å². The van der Waals surface area contributed by atoms with E-state index in [1.165, 1.54) is 11.8 Å². The van der Waals surface area contributed by atoms with E-state index >= 15 is 0 Å². The summed E-state index contributed by atoms with van der Waals surface area (Å²) < 4.78 is 7.04. The van der Waals surface area contributed by atoms with E-state index in [9.17, 15) is 4.79 Å². The van der Waals surface area contributed by atoms with Crippen LogP contribution in [0.5, 0.6) is 0 Å². The summed E-state index contributed by atoms with van der Waals surface area (Å²) in [6.07, 6.45) is 0. The number of nitrogens with zero attached hydrogens (tertiary/aromatic N) is 4. The van der Waals surface area contributed by atoms with Crippen molar-refractivity contribution in [2.45, 2.75) is 11.7 Å². The smallest absolute Gasteiger partial charge is 0.230 e. The second-order valence-electron chi connectivity index (χ2n) is 6.63. The molecular formula is C21H20ClN5O2S. The molecule has 4 aromatic rings. The number of hydrogen-bond acceptors (Lipinski definition) is 6. The molecule has 0 unspecified atom stereocenters. The van der Waals surface area contributed by atoms with Gasteiger partial charge in [-0.1, -0.05) is 53.7 Å². The van der Waals surface area contributed by atoms with E-state index in [4.69, 9.17) is 21.3 Å².